The van der Waals surface area contributed by atoms with Crippen LogP contribution >= 0.6 is 11.6 Å². The number of halogens is 1. The number of aromatic amines is 1. The van der Waals surface area contributed by atoms with Gasteiger partial charge in [0, 0.05) is 31.0 Å². The van der Waals surface area contributed by atoms with Gasteiger partial charge in [0.05, 0.1) is 21.2 Å². The molecule has 1 N–H and O–H groups in total. The van der Waals surface area contributed by atoms with Gasteiger partial charge in [-0.05, 0) is 19.1 Å². The number of carbonyl (C=O) groups is 1. The zero-order valence-electron chi connectivity index (χ0n) is 14.0. The summed E-state index contributed by atoms with van der Waals surface area (Å²) < 4.78 is 30.6. The number of ketones is 1. The number of rotatable bonds is 4. The van der Waals surface area contributed by atoms with Crippen LogP contribution in [-0.4, -0.2) is 35.4 Å². The Bertz CT molecular complexity index is 1190. The number of hydrogen-bond donors (Lipinski definition) is 1. The molecule has 26 heavy (non-hydrogen) atoms. The zero-order valence-corrected chi connectivity index (χ0v) is 15.6. The predicted octanol–water partition coefficient (Wildman–Crippen LogP) is 1.96. The number of nitrogens with zero attached hydrogens (tertiary/aromatic N) is 2. The molecule has 0 spiro atoms. The van der Waals surface area contributed by atoms with Crippen molar-refractivity contribution in [3.05, 3.63) is 56.6 Å². The van der Waals surface area contributed by atoms with Crippen molar-refractivity contribution in [2.75, 3.05) is 6.26 Å². The number of H-pyrrole nitrogens is 1. The fraction of sp³-hybridized carbons (Fsp3) is 0.188. The summed E-state index contributed by atoms with van der Waals surface area (Å²) in [7, 11) is -2.18. The summed E-state index contributed by atoms with van der Waals surface area (Å²) in [4.78, 5) is 24.2. The van der Waals surface area contributed by atoms with Crippen molar-refractivity contribution >= 4 is 27.2 Å². The van der Waals surface area contributed by atoms with Gasteiger partial charge < -0.3 is 4.52 Å². The Kier molecular flexibility index (Phi) is 4.37. The van der Waals surface area contributed by atoms with E-state index in [0.717, 1.165) is 17.0 Å². The normalized spacial score (nSPS) is 11.7. The van der Waals surface area contributed by atoms with Crippen LogP contribution in [0.4, 0.5) is 0 Å². The van der Waals surface area contributed by atoms with Gasteiger partial charge in [-0.3, -0.25) is 19.4 Å². The van der Waals surface area contributed by atoms with Gasteiger partial charge in [-0.1, -0.05) is 16.8 Å². The highest BCUT2D eigenvalue weighted by Crippen LogP contribution is 2.37. The summed E-state index contributed by atoms with van der Waals surface area (Å²) in [5, 5.41) is 6.26. The number of aryl methyl sites for hydroxylation is 2. The first kappa shape index (κ1) is 18.2. The molecule has 0 fully saturated rings. The van der Waals surface area contributed by atoms with Gasteiger partial charge >= 0.3 is 0 Å². The Morgan fingerprint density at radius 1 is 1.31 bits per heavy atom. The first-order chi connectivity index (χ1) is 12.1. The Morgan fingerprint density at radius 2 is 2.00 bits per heavy atom. The lowest BCUT2D eigenvalue weighted by Gasteiger charge is -2.11. The van der Waals surface area contributed by atoms with Crippen LogP contribution in [0, 0.1) is 6.92 Å². The Hall–Kier alpha value is -2.65. The molecular weight excluding hydrogens is 382 g/mol. The van der Waals surface area contributed by atoms with E-state index in [4.69, 9.17) is 16.1 Å². The molecule has 2 heterocycles. The second-order valence-corrected chi connectivity index (χ2v) is 8.16. The summed E-state index contributed by atoms with van der Waals surface area (Å²) in [6.07, 6.45) is 1.03. The van der Waals surface area contributed by atoms with Crippen molar-refractivity contribution < 1.29 is 17.7 Å². The number of benzene rings is 1. The fourth-order valence-corrected chi connectivity index (χ4v) is 3.79. The van der Waals surface area contributed by atoms with E-state index in [0.29, 0.717) is 5.69 Å². The van der Waals surface area contributed by atoms with E-state index >= 15 is 0 Å². The first-order valence-corrected chi connectivity index (χ1v) is 9.63. The third kappa shape index (κ3) is 3.11. The third-order valence-electron chi connectivity index (χ3n) is 3.75. The van der Waals surface area contributed by atoms with Crippen molar-refractivity contribution in [1.82, 2.24) is 14.9 Å². The van der Waals surface area contributed by atoms with E-state index in [1.807, 2.05) is 0 Å². The molecule has 3 aromatic rings. The largest absolute Gasteiger partial charge is 0.356 e. The molecule has 10 heteroatoms. The highest BCUT2D eigenvalue weighted by atomic mass is 35.5. The molecular formula is C16H14ClN3O5S. The summed E-state index contributed by atoms with van der Waals surface area (Å²) in [6, 6.07) is 5.25. The topological polar surface area (TPSA) is 115 Å². The first-order valence-electron chi connectivity index (χ1n) is 7.36. The minimum absolute atomic E-state index is 0.0324. The maximum atomic E-state index is 12.7. The highest BCUT2D eigenvalue weighted by Gasteiger charge is 2.26. The van der Waals surface area contributed by atoms with Crippen LogP contribution < -0.4 is 5.56 Å². The molecule has 136 valence electrons. The van der Waals surface area contributed by atoms with Crippen LogP contribution in [0.1, 0.15) is 21.7 Å². The number of sulfone groups is 1. The Morgan fingerprint density at radius 3 is 2.50 bits per heavy atom. The average Bonchev–Trinajstić information content (AvgIpc) is 3.11. The molecule has 0 atom stereocenters. The lowest BCUT2D eigenvalue weighted by molar-refractivity contribution is 0.103. The van der Waals surface area contributed by atoms with Gasteiger partial charge in [-0.2, -0.15) is 0 Å². The predicted molar refractivity (Wildman–Crippen MR) is 94.3 cm³/mol. The van der Waals surface area contributed by atoms with Gasteiger partial charge in [-0.15, -0.1) is 0 Å². The van der Waals surface area contributed by atoms with E-state index in [2.05, 4.69) is 10.3 Å². The van der Waals surface area contributed by atoms with Crippen LogP contribution in [0.3, 0.4) is 0 Å². The molecule has 0 saturated carbocycles. The maximum absolute atomic E-state index is 12.7. The average molecular weight is 396 g/mol. The number of carbonyl (C=O) groups excluding carboxylic acids is 1. The lowest BCUT2D eigenvalue weighted by atomic mass is 10.0. The molecule has 1 aromatic carbocycles. The molecule has 3 rings (SSSR count). The number of hydrogen-bond acceptors (Lipinski definition) is 6. The van der Waals surface area contributed by atoms with Crippen LogP contribution in [0.15, 0.2) is 38.5 Å². The SMILES string of the molecule is Cc1cc(-c2c(S(C)(=O)=O)ccc(C(=O)c3cc(=O)n(C)[nH]3)c2Cl)on1. The molecule has 0 aliphatic rings. The molecule has 0 unspecified atom stereocenters. The van der Waals surface area contributed by atoms with E-state index in [1.54, 1.807) is 6.92 Å². The van der Waals surface area contributed by atoms with E-state index in [9.17, 15) is 18.0 Å². The summed E-state index contributed by atoms with van der Waals surface area (Å²) >= 11 is 6.38. The summed E-state index contributed by atoms with van der Waals surface area (Å²) in [5.74, 6) is -0.422. The smallest absolute Gasteiger partial charge is 0.266 e. The standard InChI is InChI=1S/C16H14ClN3O5S/c1-8-6-11(25-19-8)14-12(26(3,23)24)5-4-9(15(14)17)16(22)10-7-13(21)20(2)18-10/h4-7,18H,1-3H3. The van der Waals surface area contributed by atoms with Gasteiger partial charge in [0.2, 0.25) is 5.78 Å². The van der Waals surface area contributed by atoms with Crippen molar-refractivity contribution in [2.45, 2.75) is 11.8 Å². The maximum Gasteiger partial charge on any atom is 0.266 e. The third-order valence-corrected chi connectivity index (χ3v) is 5.29. The second kappa shape index (κ2) is 6.26. The minimum atomic E-state index is -3.65. The minimum Gasteiger partial charge on any atom is -0.356 e. The van der Waals surface area contributed by atoms with Crippen molar-refractivity contribution in [1.29, 1.82) is 0 Å². The Balaban J connectivity index is 2.26. The monoisotopic (exact) mass is 395 g/mol. The molecule has 0 aliphatic heterocycles. The van der Waals surface area contributed by atoms with Gasteiger partial charge in [-0.25, -0.2) is 8.42 Å². The summed E-state index contributed by atoms with van der Waals surface area (Å²) in [6.45, 7) is 1.67. The molecule has 0 aliphatic carbocycles. The van der Waals surface area contributed by atoms with E-state index < -0.39 is 15.6 Å². The number of aromatic nitrogens is 3. The van der Waals surface area contributed by atoms with Crippen LogP contribution in [0.2, 0.25) is 5.02 Å². The fourth-order valence-electron chi connectivity index (χ4n) is 2.50. The number of nitrogens with one attached hydrogen (secondary N) is 1. The molecule has 0 bridgehead atoms. The molecule has 2 aromatic heterocycles. The van der Waals surface area contributed by atoms with Crippen LogP contribution in [0.25, 0.3) is 11.3 Å². The van der Waals surface area contributed by atoms with Crippen molar-refractivity contribution in [3.63, 3.8) is 0 Å². The Labute approximate surface area is 153 Å². The van der Waals surface area contributed by atoms with E-state index in [1.165, 1.54) is 25.2 Å². The van der Waals surface area contributed by atoms with Crippen LogP contribution in [0.5, 0.6) is 0 Å². The van der Waals surface area contributed by atoms with Crippen LogP contribution in [-0.2, 0) is 16.9 Å². The highest BCUT2D eigenvalue weighted by molar-refractivity contribution is 7.90. The zero-order chi connectivity index (χ0) is 19.2. The van der Waals surface area contributed by atoms with Crippen molar-refractivity contribution in [2.24, 2.45) is 7.05 Å². The molecule has 0 amide bonds. The van der Waals surface area contributed by atoms with Crippen molar-refractivity contribution in [3.8, 4) is 11.3 Å². The second-order valence-electron chi connectivity index (χ2n) is 5.80. The molecule has 0 saturated heterocycles. The van der Waals surface area contributed by atoms with Gasteiger partial charge in [0.15, 0.2) is 15.6 Å². The van der Waals surface area contributed by atoms with Gasteiger partial charge in [0.1, 0.15) is 5.69 Å². The van der Waals surface area contributed by atoms with Gasteiger partial charge in [0.25, 0.3) is 5.56 Å². The summed E-state index contributed by atoms with van der Waals surface area (Å²) in [5.41, 5.74) is 0.262. The quantitative estimate of drug-likeness (QED) is 0.675. The van der Waals surface area contributed by atoms with E-state index in [-0.39, 0.29) is 38.1 Å². The molecule has 8 nitrogen and oxygen atoms in total. The lowest BCUT2D eigenvalue weighted by Crippen LogP contribution is -2.10. The molecule has 0 radical (unpaired) electrons.